The first kappa shape index (κ1) is 25.6. The van der Waals surface area contributed by atoms with Gasteiger partial charge in [-0.2, -0.15) is 13.2 Å². The minimum atomic E-state index is -5.04. The van der Waals surface area contributed by atoms with Gasteiger partial charge in [0, 0.05) is 6.07 Å². The molecule has 5 aromatic rings. The molecule has 1 heterocycles. The van der Waals surface area contributed by atoms with E-state index in [4.69, 9.17) is 18.6 Å². The SMILES string of the molecule is COc1ccccc1C(=O)Oc1ccc2c(=O)c(Oc3ccc(-c4ccccc4)cc3)c(C(F)(F)F)oc2c1. The average Bonchev–Trinajstić information content (AvgIpc) is 2.94. The summed E-state index contributed by atoms with van der Waals surface area (Å²) in [6.07, 6.45) is -5.04. The molecule has 0 saturated carbocycles. The Morgan fingerprint density at radius 2 is 1.44 bits per heavy atom. The number of ether oxygens (including phenoxy) is 3. The Labute approximate surface area is 219 Å². The number of methoxy groups -OCH3 is 1. The van der Waals surface area contributed by atoms with Gasteiger partial charge in [0.1, 0.15) is 28.4 Å². The van der Waals surface area contributed by atoms with E-state index in [1.807, 2.05) is 30.3 Å². The van der Waals surface area contributed by atoms with Crippen molar-refractivity contribution < 1.29 is 36.6 Å². The lowest BCUT2D eigenvalue weighted by molar-refractivity contribution is -0.154. The molecule has 4 aromatic carbocycles. The summed E-state index contributed by atoms with van der Waals surface area (Å²) in [5, 5.41) is -0.184. The van der Waals surface area contributed by atoms with Crippen LogP contribution in [0.1, 0.15) is 16.1 Å². The molecule has 9 heteroatoms. The number of hydrogen-bond acceptors (Lipinski definition) is 6. The number of fused-ring (bicyclic) bond motifs is 1. The lowest BCUT2D eigenvalue weighted by Crippen LogP contribution is -2.15. The van der Waals surface area contributed by atoms with Crippen molar-refractivity contribution >= 4 is 16.9 Å². The van der Waals surface area contributed by atoms with Gasteiger partial charge in [0.2, 0.25) is 11.2 Å². The Bertz CT molecular complexity index is 1710. The van der Waals surface area contributed by atoms with Crippen LogP contribution in [0.2, 0.25) is 0 Å². The van der Waals surface area contributed by atoms with Gasteiger partial charge in [-0.3, -0.25) is 4.79 Å². The first-order chi connectivity index (χ1) is 18.7. The first-order valence-corrected chi connectivity index (χ1v) is 11.6. The third-order valence-electron chi connectivity index (χ3n) is 5.80. The number of rotatable bonds is 6. The van der Waals surface area contributed by atoms with Crippen LogP contribution in [-0.4, -0.2) is 13.1 Å². The van der Waals surface area contributed by atoms with E-state index < -0.39 is 34.7 Å². The minimum absolute atomic E-state index is 0.0224. The maximum Gasteiger partial charge on any atom is 0.453 e. The molecule has 1 aromatic heterocycles. The van der Waals surface area contributed by atoms with Crippen LogP contribution in [0, 0.1) is 0 Å². The smallest absolute Gasteiger partial charge is 0.453 e. The Morgan fingerprint density at radius 3 is 2.13 bits per heavy atom. The van der Waals surface area contributed by atoms with Crippen molar-refractivity contribution in [2.45, 2.75) is 6.18 Å². The number of carbonyl (C=O) groups excluding carboxylic acids is 1. The molecule has 5 rings (SSSR count). The van der Waals surface area contributed by atoms with Crippen molar-refractivity contribution in [2.24, 2.45) is 0 Å². The fourth-order valence-electron chi connectivity index (χ4n) is 3.94. The van der Waals surface area contributed by atoms with Crippen molar-refractivity contribution in [2.75, 3.05) is 7.11 Å². The molecule has 39 heavy (non-hydrogen) atoms. The highest BCUT2D eigenvalue weighted by Crippen LogP contribution is 2.39. The number of benzene rings is 4. The molecule has 0 aliphatic rings. The fraction of sp³-hybridized carbons (Fsp3) is 0.0667. The highest BCUT2D eigenvalue weighted by molar-refractivity contribution is 5.94. The summed E-state index contributed by atoms with van der Waals surface area (Å²) < 4.78 is 62.8. The number of para-hydroxylation sites is 1. The summed E-state index contributed by atoms with van der Waals surface area (Å²) in [7, 11) is 1.38. The van der Waals surface area contributed by atoms with E-state index in [2.05, 4.69) is 0 Å². The topological polar surface area (TPSA) is 75.0 Å². The van der Waals surface area contributed by atoms with Gasteiger partial charge in [-0.25, -0.2) is 4.79 Å². The first-order valence-electron chi connectivity index (χ1n) is 11.6. The van der Waals surface area contributed by atoms with Gasteiger partial charge in [-0.05, 0) is 47.5 Å². The van der Waals surface area contributed by atoms with Crippen molar-refractivity contribution in [3.05, 3.63) is 119 Å². The lowest BCUT2D eigenvalue weighted by Gasteiger charge is -2.14. The number of alkyl halides is 3. The molecule has 196 valence electrons. The highest BCUT2D eigenvalue weighted by atomic mass is 19.4. The van der Waals surface area contributed by atoms with Crippen LogP contribution in [0.4, 0.5) is 13.2 Å². The van der Waals surface area contributed by atoms with E-state index in [0.717, 1.165) is 17.2 Å². The van der Waals surface area contributed by atoms with Crippen LogP contribution in [0.5, 0.6) is 23.0 Å². The van der Waals surface area contributed by atoms with Gasteiger partial charge in [0.15, 0.2) is 0 Å². The maximum atomic E-state index is 13.9. The molecule has 0 amide bonds. The third kappa shape index (κ3) is 5.33. The fourth-order valence-corrected chi connectivity index (χ4v) is 3.94. The summed E-state index contributed by atoms with van der Waals surface area (Å²) in [5.41, 5.74) is 0.384. The molecule has 0 fully saturated rings. The molecule has 0 bridgehead atoms. The quantitative estimate of drug-likeness (QED) is 0.167. The average molecular weight is 532 g/mol. The zero-order valence-electron chi connectivity index (χ0n) is 20.3. The maximum absolute atomic E-state index is 13.9. The molecule has 0 unspecified atom stereocenters. The molecular weight excluding hydrogens is 513 g/mol. The van der Waals surface area contributed by atoms with E-state index in [9.17, 15) is 22.8 Å². The van der Waals surface area contributed by atoms with Crippen LogP contribution >= 0.6 is 0 Å². The Kier molecular flexibility index (Phi) is 6.81. The van der Waals surface area contributed by atoms with Gasteiger partial charge in [-0.15, -0.1) is 0 Å². The van der Waals surface area contributed by atoms with E-state index in [1.165, 1.54) is 37.4 Å². The summed E-state index contributed by atoms with van der Waals surface area (Å²) in [6, 6.07) is 25.4. The Hall–Kier alpha value is -5.05. The molecule has 0 N–H and O–H groups in total. The number of hydrogen-bond donors (Lipinski definition) is 0. The predicted molar refractivity (Wildman–Crippen MR) is 137 cm³/mol. The van der Waals surface area contributed by atoms with E-state index >= 15 is 0 Å². The number of esters is 1. The third-order valence-corrected chi connectivity index (χ3v) is 5.80. The second-order valence-electron chi connectivity index (χ2n) is 8.33. The van der Waals surface area contributed by atoms with Crippen LogP contribution in [0.15, 0.2) is 106 Å². The van der Waals surface area contributed by atoms with Gasteiger partial charge < -0.3 is 18.6 Å². The summed E-state index contributed by atoms with van der Waals surface area (Å²) in [5.74, 6) is -3.26. The Morgan fingerprint density at radius 1 is 0.795 bits per heavy atom. The van der Waals surface area contributed by atoms with Gasteiger partial charge in [0.25, 0.3) is 5.76 Å². The van der Waals surface area contributed by atoms with E-state index in [1.54, 1.807) is 30.3 Å². The van der Waals surface area contributed by atoms with Crippen molar-refractivity contribution in [1.82, 2.24) is 0 Å². The summed E-state index contributed by atoms with van der Waals surface area (Å²) in [6.45, 7) is 0. The standard InChI is InChI=1S/C30H19F3O6/c1-36-24-10-6-5-9-23(24)29(35)38-21-15-16-22-25(17-21)39-28(30(31,32)33)27(26(22)34)37-20-13-11-19(12-14-20)18-7-3-2-4-8-18/h2-17H,1H3. The van der Waals surface area contributed by atoms with Gasteiger partial charge in [0.05, 0.1) is 12.5 Å². The monoisotopic (exact) mass is 532 g/mol. The van der Waals surface area contributed by atoms with Gasteiger partial charge in [-0.1, -0.05) is 54.6 Å². The van der Waals surface area contributed by atoms with Crippen LogP contribution in [-0.2, 0) is 6.18 Å². The normalized spacial score (nSPS) is 11.3. The lowest BCUT2D eigenvalue weighted by atomic mass is 10.1. The van der Waals surface area contributed by atoms with Crippen LogP contribution in [0.3, 0.4) is 0 Å². The second kappa shape index (κ2) is 10.4. The van der Waals surface area contributed by atoms with Crippen molar-refractivity contribution in [1.29, 1.82) is 0 Å². The molecule has 0 aliphatic carbocycles. The molecule has 0 saturated heterocycles. The zero-order valence-corrected chi connectivity index (χ0v) is 20.3. The molecule has 0 aliphatic heterocycles. The van der Waals surface area contributed by atoms with Crippen LogP contribution < -0.4 is 19.6 Å². The highest BCUT2D eigenvalue weighted by Gasteiger charge is 2.40. The molecule has 0 atom stereocenters. The minimum Gasteiger partial charge on any atom is -0.496 e. The summed E-state index contributed by atoms with van der Waals surface area (Å²) >= 11 is 0. The molecule has 0 spiro atoms. The molecule has 0 radical (unpaired) electrons. The number of carbonyl (C=O) groups is 1. The largest absolute Gasteiger partial charge is 0.496 e. The zero-order chi connectivity index (χ0) is 27.6. The molecular formula is C30H19F3O6. The predicted octanol–water partition coefficient (Wildman–Crippen LogP) is 7.50. The van der Waals surface area contributed by atoms with Crippen molar-refractivity contribution in [3.8, 4) is 34.1 Å². The Balaban J connectivity index is 1.49. The van der Waals surface area contributed by atoms with Gasteiger partial charge >= 0.3 is 12.1 Å². The van der Waals surface area contributed by atoms with E-state index in [-0.39, 0.29) is 28.2 Å². The van der Waals surface area contributed by atoms with Crippen LogP contribution in [0.25, 0.3) is 22.1 Å². The second-order valence-corrected chi connectivity index (χ2v) is 8.33. The number of halogens is 3. The summed E-state index contributed by atoms with van der Waals surface area (Å²) in [4.78, 5) is 25.7. The van der Waals surface area contributed by atoms with E-state index in [0.29, 0.717) is 0 Å². The molecule has 6 nitrogen and oxygen atoms in total. The van der Waals surface area contributed by atoms with Crippen molar-refractivity contribution in [3.63, 3.8) is 0 Å².